The second kappa shape index (κ2) is 8.05. The SMILES string of the molecule is COc1ccc2ccccc2c1-c1cn(-c2ccc3c(c2)C(=O)N(C2CCC(=O)NC2=O)C3)nn1. The first-order chi connectivity index (χ1) is 17.0. The summed E-state index contributed by atoms with van der Waals surface area (Å²) >= 11 is 0. The van der Waals surface area contributed by atoms with Gasteiger partial charge in [0.25, 0.3) is 5.91 Å². The van der Waals surface area contributed by atoms with Crippen LogP contribution >= 0.6 is 0 Å². The van der Waals surface area contributed by atoms with E-state index in [2.05, 4.69) is 15.6 Å². The van der Waals surface area contributed by atoms with Crippen LogP contribution in [0.2, 0.25) is 0 Å². The number of fused-ring (bicyclic) bond motifs is 2. The van der Waals surface area contributed by atoms with Crippen molar-refractivity contribution in [2.45, 2.75) is 25.4 Å². The van der Waals surface area contributed by atoms with Gasteiger partial charge >= 0.3 is 0 Å². The first-order valence-corrected chi connectivity index (χ1v) is 11.3. The van der Waals surface area contributed by atoms with Crippen molar-refractivity contribution in [3.05, 3.63) is 71.9 Å². The molecule has 0 spiro atoms. The number of carbonyl (C=O) groups excluding carboxylic acids is 3. The zero-order valence-electron chi connectivity index (χ0n) is 18.9. The Bertz CT molecular complexity index is 1530. The molecule has 2 aliphatic rings. The number of hydrogen-bond acceptors (Lipinski definition) is 6. The van der Waals surface area contributed by atoms with Gasteiger partial charge in [0, 0.05) is 18.5 Å². The van der Waals surface area contributed by atoms with Gasteiger partial charge in [-0.15, -0.1) is 5.10 Å². The predicted molar refractivity (Wildman–Crippen MR) is 127 cm³/mol. The molecule has 1 N–H and O–H groups in total. The third-order valence-electron chi connectivity index (χ3n) is 6.64. The maximum atomic E-state index is 13.2. The van der Waals surface area contributed by atoms with Gasteiger partial charge in [-0.1, -0.05) is 41.6 Å². The number of piperidine rings is 1. The Kier molecular flexibility index (Phi) is 4.84. The number of rotatable bonds is 4. The Labute approximate surface area is 200 Å². The zero-order chi connectivity index (χ0) is 24.1. The summed E-state index contributed by atoms with van der Waals surface area (Å²) in [5, 5.41) is 13.1. The number of benzene rings is 3. The molecule has 0 radical (unpaired) electrons. The highest BCUT2D eigenvalue weighted by Crippen LogP contribution is 2.36. The molecule has 3 aromatic carbocycles. The topological polar surface area (TPSA) is 106 Å². The first-order valence-electron chi connectivity index (χ1n) is 11.3. The number of hydrogen-bond donors (Lipinski definition) is 1. The summed E-state index contributed by atoms with van der Waals surface area (Å²) in [5.41, 5.74) is 3.53. The van der Waals surface area contributed by atoms with Crippen LogP contribution in [0.1, 0.15) is 28.8 Å². The predicted octanol–water partition coefficient (Wildman–Crippen LogP) is 2.86. The standard InChI is InChI=1S/C26H21N5O4/c1-35-22-10-7-15-4-2-3-5-18(15)24(22)20-14-31(29-28-20)17-8-6-16-13-30(26(34)19(16)12-17)21-9-11-23(32)27-25(21)33/h2-8,10,12,14,21H,9,11,13H2,1H3,(H,27,32,33). The molecule has 1 atom stereocenters. The summed E-state index contributed by atoms with van der Waals surface area (Å²) in [6, 6.07) is 16.8. The van der Waals surface area contributed by atoms with Gasteiger partial charge in [-0.3, -0.25) is 19.7 Å². The molecule has 9 nitrogen and oxygen atoms in total. The van der Waals surface area contributed by atoms with Crippen LogP contribution in [0.4, 0.5) is 0 Å². The Balaban J connectivity index is 1.33. The molecule has 0 aliphatic carbocycles. The second-order valence-electron chi connectivity index (χ2n) is 8.65. The van der Waals surface area contributed by atoms with Crippen molar-refractivity contribution in [3.63, 3.8) is 0 Å². The molecule has 3 heterocycles. The number of nitrogens with one attached hydrogen (secondary N) is 1. The first kappa shape index (κ1) is 21.0. The molecule has 1 fully saturated rings. The van der Waals surface area contributed by atoms with Gasteiger partial charge < -0.3 is 9.64 Å². The minimum absolute atomic E-state index is 0.223. The monoisotopic (exact) mass is 467 g/mol. The molecule has 35 heavy (non-hydrogen) atoms. The molecule has 2 aliphatic heterocycles. The summed E-state index contributed by atoms with van der Waals surface area (Å²) < 4.78 is 7.22. The van der Waals surface area contributed by atoms with Gasteiger partial charge in [-0.2, -0.15) is 0 Å². The van der Waals surface area contributed by atoms with Crippen LogP contribution in [0.15, 0.2) is 60.8 Å². The summed E-state index contributed by atoms with van der Waals surface area (Å²) in [6.45, 7) is 0.330. The van der Waals surface area contributed by atoms with Gasteiger partial charge in [0.05, 0.1) is 24.6 Å². The van der Waals surface area contributed by atoms with E-state index in [9.17, 15) is 14.4 Å². The molecule has 1 saturated heterocycles. The van der Waals surface area contributed by atoms with Crippen molar-refractivity contribution in [1.29, 1.82) is 0 Å². The average Bonchev–Trinajstić information content (AvgIpc) is 3.48. The number of methoxy groups -OCH3 is 1. The summed E-state index contributed by atoms with van der Waals surface area (Å²) in [6.07, 6.45) is 2.36. The highest BCUT2D eigenvalue weighted by Gasteiger charge is 2.39. The number of ether oxygens (including phenoxy) is 1. The van der Waals surface area contributed by atoms with Gasteiger partial charge in [-0.05, 0) is 41.0 Å². The van der Waals surface area contributed by atoms with E-state index in [0.29, 0.717) is 35.7 Å². The Morgan fingerprint density at radius 2 is 1.91 bits per heavy atom. The minimum Gasteiger partial charge on any atom is -0.496 e. The lowest BCUT2D eigenvalue weighted by atomic mass is 10.0. The molecule has 4 aromatic rings. The van der Waals surface area contributed by atoms with Crippen LogP contribution in [0.5, 0.6) is 5.75 Å². The van der Waals surface area contributed by atoms with Gasteiger partial charge in [0.15, 0.2) is 0 Å². The number of amides is 3. The van der Waals surface area contributed by atoms with E-state index in [1.807, 2.05) is 54.7 Å². The molecule has 0 bridgehead atoms. The highest BCUT2D eigenvalue weighted by molar-refractivity contribution is 6.05. The lowest BCUT2D eigenvalue weighted by molar-refractivity contribution is -0.136. The molecule has 174 valence electrons. The molecule has 0 saturated carbocycles. The number of nitrogens with zero attached hydrogens (tertiary/aromatic N) is 4. The molecular weight excluding hydrogens is 446 g/mol. The van der Waals surface area contributed by atoms with Gasteiger partial charge in [-0.25, -0.2) is 4.68 Å². The molecule has 9 heteroatoms. The lowest BCUT2D eigenvalue weighted by Crippen LogP contribution is -2.52. The quantitative estimate of drug-likeness (QED) is 0.463. The van der Waals surface area contributed by atoms with Crippen molar-refractivity contribution < 1.29 is 19.1 Å². The Hall–Kier alpha value is -4.53. The van der Waals surface area contributed by atoms with Gasteiger partial charge in [0.2, 0.25) is 11.8 Å². The van der Waals surface area contributed by atoms with E-state index in [0.717, 1.165) is 21.9 Å². The summed E-state index contributed by atoms with van der Waals surface area (Å²) in [5.74, 6) is -0.262. The van der Waals surface area contributed by atoms with Crippen molar-refractivity contribution in [2.75, 3.05) is 7.11 Å². The number of carbonyl (C=O) groups is 3. The van der Waals surface area contributed by atoms with E-state index in [-0.39, 0.29) is 18.2 Å². The van der Waals surface area contributed by atoms with E-state index in [1.54, 1.807) is 17.9 Å². The minimum atomic E-state index is -0.646. The van der Waals surface area contributed by atoms with Crippen molar-refractivity contribution in [3.8, 4) is 22.7 Å². The smallest absolute Gasteiger partial charge is 0.255 e. The van der Waals surface area contributed by atoms with E-state index in [1.165, 1.54) is 4.90 Å². The second-order valence-corrected chi connectivity index (χ2v) is 8.65. The van der Waals surface area contributed by atoms with Crippen molar-refractivity contribution in [1.82, 2.24) is 25.2 Å². The third kappa shape index (κ3) is 3.43. The Morgan fingerprint density at radius 3 is 2.74 bits per heavy atom. The maximum absolute atomic E-state index is 13.2. The fourth-order valence-electron chi connectivity index (χ4n) is 4.88. The van der Waals surface area contributed by atoms with Crippen LogP contribution in [0.3, 0.4) is 0 Å². The molecular formula is C26H21N5O4. The van der Waals surface area contributed by atoms with Crippen LogP contribution in [0.25, 0.3) is 27.7 Å². The fraction of sp³-hybridized carbons (Fsp3) is 0.192. The zero-order valence-corrected chi connectivity index (χ0v) is 18.9. The fourth-order valence-corrected chi connectivity index (χ4v) is 4.88. The molecule has 6 rings (SSSR count). The third-order valence-corrected chi connectivity index (χ3v) is 6.64. The highest BCUT2D eigenvalue weighted by atomic mass is 16.5. The maximum Gasteiger partial charge on any atom is 0.255 e. The molecule has 1 unspecified atom stereocenters. The summed E-state index contributed by atoms with van der Waals surface area (Å²) in [7, 11) is 1.62. The van der Waals surface area contributed by atoms with Crippen LogP contribution in [0, 0.1) is 0 Å². The van der Waals surface area contributed by atoms with Crippen LogP contribution in [-0.2, 0) is 16.1 Å². The lowest BCUT2D eigenvalue weighted by Gasteiger charge is -2.29. The number of aromatic nitrogens is 3. The van der Waals surface area contributed by atoms with E-state index < -0.39 is 11.9 Å². The van der Waals surface area contributed by atoms with E-state index >= 15 is 0 Å². The average molecular weight is 467 g/mol. The van der Waals surface area contributed by atoms with Crippen molar-refractivity contribution in [2.24, 2.45) is 0 Å². The van der Waals surface area contributed by atoms with E-state index in [4.69, 9.17) is 4.74 Å². The largest absolute Gasteiger partial charge is 0.496 e. The number of imide groups is 1. The normalized spacial score (nSPS) is 17.6. The van der Waals surface area contributed by atoms with Crippen molar-refractivity contribution >= 4 is 28.5 Å². The Morgan fingerprint density at radius 1 is 1.06 bits per heavy atom. The van der Waals surface area contributed by atoms with Gasteiger partial charge in [0.1, 0.15) is 17.5 Å². The van der Waals surface area contributed by atoms with Crippen LogP contribution < -0.4 is 10.1 Å². The van der Waals surface area contributed by atoms with Crippen LogP contribution in [-0.4, -0.2) is 50.8 Å². The summed E-state index contributed by atoms with van der Waals surface area (Å²) in [4.78, 5) is 38.5. The molecule has 1 aromatic heterocycles. The molecule has 3 amide bonds.